The van der Waals surface area contributed by atoms with Crippen molar-refractivity contribution in [3.8, 4) is 0 Å². The molecule has 2 rings (SSSR count). The molecule has 2 aromatic rings. The van der Waals surface area contributed by atoms with Crippen molar-refractivity contribution in [2.24, 2.45) is 5.73 Å². The molecule has 9 N–H and O–H groups in total. The van der Waals surface area contributed by atoms with E-state index in [-0.39, 0.29) is 36.0 Å². The largest absolute Gasteiger partial charge is 0.480 e. The monoisotopic (exact) mass is 440 g/mol. The molecule has 0 radical (unpaired) electrons. The van der Waals surface area contributed by atoms with Gasteiger partial charge >= 0.3 is 11.9 Å². The Morgan fingerprint density at radius 1 is 1.17 bits per heavy atom. The summed E-state index contributed by atoms with van der Waals surface area (Å²) in [4.78, 5) is 41.4. The van der Waals surface area contributed by atoms with Crippen LogP contribution in [0.2, 0.25) is 5.28 Å². The van der Waals surface area contributed by atoms with Gasteiger partial charge in [0.05, 0.1) is 12.0 Å². The average Bonchev–Trinajstić information content (AvgIpc) is 3.16. The third kappa shape index (κ3) is 7.38. The predicted octanol–water partition coefficient (Wildman–Crippen LogP) is -0.516. The highest BCUT2D eigenvalue weighted by molar-refractivity contribution is 6.28. The van der Waals surface area contributed by atoms with Gasteiger partial charge < -0.3 is 36.9 Å². The van der Waals surface area contributed by atoms with Crippen LogP contribution in [0.5, 0.6) is 0 Å². The molecule has 0 aliphatic heterocycles. The number of aliphatic carboxylic acids is 2. The van der Waals surface area contributed by atoms with Crippen molar-refractivity contribution in [1.82, 2.24) is 30.2 Å². The quantitative estimate of drug-likeness (QED) is 0.118. The van der Waals surface area contributed by atoms with Gasteiger partial charge in [-0.3, -0.25) is 5.41 Å². The van der Waals surface area contributed by atoms with Crippen LogP contribution in [0.1, 0.15) is 18.5 Å². The fourth-order valence-electron chi connectivity index (χ4n) is 2.39. The number of carboxylic acids is 2. The number of hydrogen-bond acceptors (Lipinski definition) is 9. The number of guanidine groups is 1. The highest BCUT2D eigenvalue weighted by atomic mass is 35.5. The van der Waals surface area contributed by atoms with Crippen molar-refractivity contribution in [2.45, 2.75) is 31.3 Å². The van der Waals surface area contributed by atoms with Crippen molar-refractivity contribution >= 4 is 41.4 Å². The summed E-state index contributed by atoms with van der Waals surface area (Å²) in [7, 11) is 0. The number of rotatable bonds is 12. The van der Waals surface area contributed by atoms with E-state index < -0.39 is 24.0 Å². The number of nitrogens with one attached hydrogen (secondary N) is 5. The van der Waals surface area contributed by atoms with E-state index in [1.807, 2.05) is 0 Å². The lowest BCUT2D eigenvalue weighted by atomic mass is 10.1. The molecule has 0 amide bonds. The Kier molecular flexibility index (Phi) is 8.10. The number of carbonyl (C=O) groups is 2. The minimum atomic E-state index is -1.16. The van der Waals surface area contributed by atoms with Crippen LogP contribution in [-0.2, 0) is 16.0 Å². The number of aromatic nitrogens is 5. The third-order valence-electron chi connectivity index (χ3n) is 3.76. The van der Waals surface area contributed by atoms with Gasteiger partial charge in [-0.25, -0.2) is 14.6 Å². The normalized spacial score (nSPS) is 12.6. The first-order valence-electron chi connectivity index (χ1n) is 8.70. The molecule has 14 nitrogen and oxygen atoms in total. The number of anilines is 2. The first kappa shape index (κ1) is 22.6. The number of halogens is 1. The Morgan fingerprint density at radius 3 is 2.33 bits per heavy atom. The fraction of sp³-hybridized carbons (Fsp3) is 0.400. The molecule has 162 valence electrons. The van der Waals surface area contributed by atoms with Gasteiger partial charge in [0.2, 0.25) is 17.2 Å². The number of aromatic amines is 1. The highest BCUT2D eigenvalue weighted by Gasteiger charge is 2.22. The molecule has 15 heteroatoms. The van der Waals surface area contributed by atoms with E-state index >= 15 is 0 Å². The molecule has 0 aliphatic carbocycles. The Hall–Kier alpha value is -3.68. The van der Waals surface area contributed by atoms with Crippen LogP contribution in [-0.4, -0.2) is 71.7 Å². The molecular formula is C15H21ClN10O4. The molecule has 0 fully saturated rings. The van der Waals surface area contributed by atoms with Crippen molar-refractivity contribution in [1.29, 1.82) is 5.41 Å². The van der Waals surface area contributed by atoms with E-state index in [9.17, 15) is 19.8 Å². The summed E-state index contributed by atoms with van der Waals surface area (Å²) in [5, 5.41) is 33.5. The maximum atomic E-state index is 11.5. The number of H-pyrrole nitrogens is 1. The number of nitrogens with two attached hydrogens (primary N) is 1. The van der Waals surface area contributed by atoms with E-state index in [1.165, 1.54) is 6.33 Å². The van der Waals surface area contributed by atoms with Gasteiger partial charge in [-0.2, -0.15) is 15.0 Å². The Bertz CT molecular complexity index is 878. The summed E-state index contributed by atoms with van der Waals surface area (Å²) in [6, 6.07) is -2.16. The van der Waals surface area contributed by atoms with Crippen LogP contribution in [0.25, 0.3) is 0 Å². The standard InChI is InChI=1S/C15H21ClN10O4/c16-12-24-14(22-8(10(27)28)2-1-3-20-13(17)18)26-15(25-12)23-9(11(29)30)4-7-5-19-6-21-7/h5-6,8-9H,1-4H2,(H,19,21)(H,27,28)(H,29,30)(H4,17,18,20)(H2,22,23,24,25,26). The average molecular weight is 441 g/mol. The van der Waals surface area contributed by atoms with Crippen molar-refractivity contribution in [3.05, 3.63) is 23.5 Å². The number of hydrogen-bond donors (Lipinski definition) is 8. The summed E-state index contributed by atoms with van der Waals surface area (Å²) in [6.45, 7) is 0.318. The van der Waals surface area contributed by atoms with Crippen molar-refractivity contribution in [2.75, 3.05) is 17.2 Å². The van der Waals surface area contributed by atoms with Crippen LogP contribution >= 0.6 is 11.6 Å². The van der Waals surface area contributed by atoms with E-state index in [2.05, 4.69) is 40.9 Å². The van der Waals surface area contributed by atoms with E-state index in [1.54, 1.807) is 6.20 Å². The molecule has 0 saturated heterocycles. The lowest BCUT2D eigenvalue weighted by Crippen LogP contribution is -2.34. The molecule has 0 saturated carbocycles. The van der Waals surface area contributed by atoms with Crippen molar-refractivity contribution < 1.29 is 19.8 Å². The molecule has 0 aliphatic rings. The first-order chi connectivity index (χ1) is 14.2. The molecule has 0 spiro atoms. The smallest absolute Gasteiger partial charge is 0.326 e. The van der Waals surface area contributed by atoms with E-state index in [0.29, 0.717) is 18.7 Å². The second-order valence-electron chi connectivity index (χ2n) is 6.07. The van der Waals surface area contributed by atoms with Gasteiger partial charge in [0.1, 0.15) is 12.1 Å². The van der Waals surface area contributed by atoms with Crippen LogP contribution in [0.15, 0.2) is 12.5 Å². The minimum Gasteiger partial charge on any atom is -0.480 e. The van der Waals surface area contributed by atoms with E-state index in [4.69, 9.17) is 22.7 Å². The molecule has 30 heavy (non-hydrogen) atoms. The van der Waals surface area contributed by atoms with Crippen molar-refractivity contribution in [3.63, 3.8) is 0 Å². The Morgan fingerprint density at radius 2 is 1.80 bits per heavy atom. The van der Waals surface area contributed by atoms with Gasteiger partial charge in [0.25, 0.3) is 0 Å². The fourth-order valence-corrected chi connectivity index (χ4v) is 2.55. The zero-order valence-corrected chi connectivity index (χ0v) is 16.3. The molecule has 0 aromatic carbocycles. The summed E-state index contributed by atoms with van der Waals surface area (Å²) in [6.07, 6.45) is 3.61. The van der Waals surface area contributed by atoms with Gasteiger partial charge in [-0.05, 0) is 24.4 Å². The molecule has 2 aromatic heterocycles. The minimum absolute atomic E-state index is 0.0474. The maximum absolute atomic E-state index is 11.5. The Labute approximate surface area is 175 Å². The molecule has 2 heterocycles. The van der Waals surface area contributed by atoms with Gasteiger partial charge in [0, 0.05) is 19.2 Å². The number of nitrogens with zero attached hydrogens (tertiary/aromatic N) is 4. The van der Waals surface area contributed by atoms with Gasteiger partial charge in [-0.1, -0.05) is 0 Å². The van der Waals surface area contributed by atoms with Gasteiger partial charge in [0.15, 0.2) is 5.96 Å². The number of imidazole rings is 1. The van der Waals surface area contributed by atoms with Crippen LogP contribution in [0.3, 0.4) is 0 Å². The summed E-state index contributed by atoms with van der Waals surface area (Å²) < 4.78 is 0. The topological polar surface area (TPSA) is 228 Å². The van der Waals surface area contributed by atoms with E-state index in [0.717, 1.165) is 0 Å². The zero-order valence-electron chi connectivity index (χ0n) is 15.6. The second kappa shape index (κ2) is 10.8. The number of carboxylic acid groups (broad SMARTS) is 2. The summed E-state index contributed by atoms with van der Waals surface area (Å²) >= 11 is 5.88. The molecular weight excluding hydrogens is 420 g/mol. The zero-order chi connectivity index (χ0) is 22.1. The SMILES string of the molecule is N=C(N)NCCCC(Nc1nc(Cl)nc(NC(Cc2c[nH]cn2)C(=O)O)n1)C(=O)O. The second-order valence-corrected chi connectivity index (χ2v) is 6.41. The van der Waals surface area contributed by atoms with Gasteiger partial charge in [-0.15, -0.1) is 0 Å². The molecule has 0 bridgehead atoms. The summed E-state index contributed by atoms with van der Waals surface area (Å²) in [5.41, 5.74) is 5.69. The lowest BCUT2D eigenvalue weighted by molar-refractivity contribution is -0.139. The maximum Gasteiger partial charge on any atom is 0.326 e. The van der Waals surface area contributed by atoms with Crippen LogP contribution in [0, 0.1) is 5.41 Å². The first-order valence-corrected chi connectivity index (χ1v) is 9.08. The predicted molar refractivity (Wildman–Crippen MR) is 106 cm³/mol. The third-order valence-corrected chi connectivity index (χ3v) is 3.93. The molecule has 2 unspecified atom stereocenters. The van der Waals surface area contributed by atoms with Crippen LogP contribution < -0.4 is 21.7 Å². The lowest BCUT2D eigenvalue weighted by Gasteiger charge is -2.17. The Balaban J connectivity index is 2.07. The highest BCUT2D eigenvalue weighted by Crippen LogP contribution is 2.14. The summed E-state index contributed by atoms with van der Waals surface area (Å²) in [5.74, 6) is -2.79. The molecule has 2 atom stereocenters. The van der Waals surface area contributed by atoms with Crippen LogP contribution in [0.4, 0.5) is 11.9 Å².